The van der Waals surface area contributed by atoms with Gasteiger partial charge in [-0.2, -0.15) is 0 Å². The Morgan fingerprint density at radius 3 is 2.17 bits per heavy atom. The molecule has 0 aromatic carbocycles. The number of primary amides is 1. The number of cyclic esters (lactones) is 1. The van der Waals surface area contributed by atoms with Crippen molar-refractivity contribution >= 4 is 17.8 Å². The van der Waals surface area contributed by atoms with E-state index in [-0.39, 0.29) is 54.6 Å². The Bertz CT molecular complexity index is 1110. The predicted molar refractivity (Wildman–Crippen MR) is 187 cm³/mol. The second-order valence-corrected chi connectivity index (χ2v) is 15.1. The summed E-state index contributed by atoms with van der Waals surface area (Å²) in [5.74, 6) is 0.443. The average molecular weight is 674 g/mol. The molecule has 9 atom stereocenters. The Kier molecular flexibility index (Phi) is 15.9. The molecule has 48 heavy (non-hydrogen) atoms. The summed E-state index contributed by atoms with van der Waals surface area (Å²) in [6.07, 6.45) is 17.4. The number of aliphatic hydroxyl groups is 1. The lowest BCUT2D eigenvalue weighted by molar-refractivity contribution is -0.166. The Morgan fingerprint density at radius 1 is 1.04 bits per heavy atom. The molecule has 0 spiro atoms. The highest BCUT2D eigenvalue weighted by Crippen LogP contribution is 2.45. The van der Waals surface area contributed by atoms with Crippen LogP contribution in [0.5, 0.6) is 0 Å². The number of nitrogens with two attached hydrogens (primary N) is 1. The van der Waals surface area contributed by atoms with Gasteiger partial charge in [-0.15, -0.1) is 0 Å². The van der Waals surface area contributed by atoms with Gasteiger partial charge in [0, 0.05) is 32.5 Å². The van der Waals surface area contributed by atoms with E-state index in [9.17, 15) is 19.5 Å². The quantitative estimate of drug-likeness (QED) is 0.213. The highest BCUT2D eigenvalue weighted by Gasteiger charge is 2.43. The largest absolute Gasteiger partial charge is 0.462 e. The average Bonchev–Trinajstić information content (AvgIpc) is 3.04. The number of allylic oxidation sites excluding steroid dienone is 3. The molecule has 2 aliphatic carbocycles. The van der Waals surface area contributed by atoms with Gasteiger partial charge >= 0.3 is 11.9 Å². The third kappa shape index (κ3) is 12.1. The molecule has 3 aliphatic heterocycles. The van der Waals surface area contributed by atoms with Crippen molar-refractivity contribution in [2.75, 3.05) is 13.2 Å². The smallest absolute Gasteiger partial charge is 0.311 e. The fraction of sp³-hybridized carbons (Fsp3) is 0.769. The van der Waals surface area contributed by atoms with Crippen LogP contribution in [0, 0.1) is 29.1 Å². The Balaban J connectivity index is 0.000000286. The Hall–Kier alpha value is -2.49. The van der Waals surface area contributed by atoms with Crippen molar-refractivity contribution < 1.29 is 38.4 Å². The second kappa shape index (κ2) is 19.0. The molecule has 3 heterocycles. The number of hydrogen-bond donors (Lipinski definition) is 2. The zero-order chi connectivity index (χ0) is 35.4. The van der Waals surface area contributed by atoms with E-state index in [1.807, 2.05) is 20.8 Å². The van der Waals surface area contributed by atoms with Crippen molar-refractivity contribution in [1.82, 2.24) is 0 Å². The lowest BCUT2D eigenvalue weighted by Crippen LogP contribution is -2.43. The molecule has 9 nitrogen and oxygen atoms in total. The summed E-state index contributed by atoms with van der Waals surface area (Å²) < 4.78 is 23.0. The third-order valence-electron chi connectivity index (χ3n) is 10.5. The summed E-state index contributed by atoms with van der Waals surface area (Å²) in [4.78, 5) is 33.8. The van der Waals surface area contributed by atoms with Gasteiger partial charge < -0.3 is 29.8 Å². The maximum Gasteiger partial charge on any atom is 0.311 e. The molecule has 2 unspecified atom stereocenters. The van der Waals surface area contributed by atoms with Gasteiger partial charge in [0.2, 0.25) is 5.91 Å². The zero-order valence-corrected chi connectivity index (χ0v) is 30.4. The van der Waals surface area contributed by atoms with Crippen LogP contribution in [0.3, 0.4) is 0 Å². The van der Waals surface area contributed by atoms with E-state index in [2.05, 4.69) is 44.4 Å². The number of carbonyl (C=O) groups is 3. The SMILES string of the molecule is C=C(C1CCCCO1)C1CCCCO1.CC(N)=O.CCC(C)(C)C(=O)O[C@@H]1C[C@H](C)C=C2C=C[C@@H](C)[C@@H](CC[C@@H]3C[C@H](O)CC(=O)O3)[C@@H]21. The number of fused-ring (bicyclic) bond motifs is 1. The summed E-state index contributed by atoms with van der Waals surface area (Å²) in [5.41, 5.74) is 6.44. The monoisotopic (exact) mass is 673 g/mol. The molecule has 5 aliphatic rings. The summed E-state index contributed by atoms with van der Waals surface area (Å²) in [6, 6.07) is 0. The van der Waals surface area contributed by atoms with Crippen LogP contribution in [0.25, 0.3) is 0 Å². The first kappa shape index (κ1) is 39.9. The van der Waals surface area contributed by atoms with Crippen molar-refractivity contribution in [2.45, 2.75) is 149 Å². The van der Waals surface area contributed by atoms with Crippen molar-refractivity contribution in [3.63, 3.8) is 0 Å². The van der Waals surface area contributed by atoms with Crippen LogP contribution in [-0.4, -0.2) is 66.7 Å². The molecule has 3 N–H and O–H groups in total. The van der Waals surface area contributed by atoms with Crippen LogP contribution in [0.15, 0.2) is 36.0 Å². The first-order chi connectivity index (χ1) is 22.7. The molecule has 0 aromatic heterocycles. The predicted octanol–water partition coefficient (Wildman–Crippen LogP) is 6.76. The molecule has 9 heteroatoms. The van der Waals surface area contributed by atoms with Crippen LogP contribution in [0.2, 0.25) is 0 Å². The molecule has 1 amide bonds. The van der Waals surface area contributed by atoms with E-state index in [0.717, 1.165) is 51.7 Å². The van der Waals surface area contributed by atoms with Crippen LogP contribution in [-0.2, 0) is 33.3 Å². The molecule has 0 saturated carbocycles. The normalized spacial score (nSPS) is 33.3. The summed E-state index contributed by atoms with van der Waals surface area (Å²) >= 11 is 0. The van der Waals surface area contributed by atoms with Gasteiger partial charge in [-0.1, -0.05) is 45.6 Å². The molecule has 0 bridgehead atoms. The first-order valence-electron chi connectivity index (χ1n) is 18.4. The van der Waals surface area contributed by atoms with Gasteiger partial charge in [0.15, 0.2) is 0 Å². The Labute approximate surface area is 289 Å². The third-order valence-corrected chi connectivity index (χ3v) is 10.5. The number of hydrogen-bond acceptors (Lipinski definition) is 8. The zero-order valence-electron chi connectivity index (χ0n) is 30.4. The van der Waals surface area contributed by atoms with Crippen LogP contribution >= 0.6 is 0 Å². The number of aliphatic hydroxyl groups excluding tert-OH is 1. The fourth-order valence-corrected chi connectivity index (χ4v) is 7.35. The van der Waals surface area contributed by atoms with Crippen molar-refractivity contribution in [3.8, 4) is 0 Å². The standard InChI is InChI=1S/C25H38O5.C12H20O2.C2H5NO/c1-6-25(4,5)24(28)30-21-12-15(2)11-17-8-7-16(3)20(23(17)21)10-9-19-13-18(26)14-22(27)29-19;1-10(11-6-2-4-8-13-11)12-7-3-5-9-14-12;1-2(3)4/h7-8,11,15-16,18-21,23,26H,6,9-10,12-14H2,1-5H3;11-12H,1-9H2;1H3,(H2,3,4)/t15-,16-,18+,19-,20-,21-,23-;;/m1../s1. The van der Waals surface area contributed by atoms with Crippen LogP contribution < -0.4 is 5.73 Å². The van der Waals surface area contributed by atoms with Crippen molar-refractivity contribution in [2.24, 2.45) is 34.8 Å². The molecule has 0 radical (unpaired) electrons. The highest BCUT2D eigenvalue weighted by molar-refractivity contribution is 5.76. The van der Waals surface area contributed by atoms with E-state index in [4.69, 9.17) is 18.9 Å². The van der Waals surface area contributed by atoms with Gasteiger partial charge in [-0.3, -0.25) is 14.4 Å². The molecule has 0 aromatic rings. The topological polar surface area (TPSA) is 134 Å². The van der Waals surface area contributed by atoms with Gasteiger partial charge in [0.05, 0.1) is 30.1 Å². The van der Waals surface area contributed by atoms with E-state index in [1.165, 1.54) is 43.8 Å². The number of amides is 1. The minimum atomic E-state index is -0.601. The molecule has 272 valence electrons. The lowest BCUT2D eigenvalue weighted by atomic mass is 9.65. The van der Waals surface area contributed by atoms with Crippen molar-refractivity contribution in [3.05, 3.63) is 36.0 Å². The minimum Gasteiger partial charge on any atom is -0.462 e. The molecular formula is C39H63NO8. The summed E-state index contributed by atoms with van der Waals surface area (Å²) in [5, 5.41) is 9.92. The number of carbonyl (C=O) groups excluding carboxylic acids is 3. The molecule has 3 fully saturated rings. The minimum absolute atomic E-state index is 0.0949. The molecular weight excluding hydrogens is 610 g/mol. The number of esters is 2. The number of ether oxygens (including phenoxy) is 4. The molecule has 5 rings (SSSR count). The lowest BCUT2D eigenvalue weighted by Gasteiger charge is -2.44. The second-order valence-electron chi connectivity index (χ2n) is 15.1. The van der Waals surface area contributed by atoms with E-state index in [1.54, 1.807) is 0 Å². The van der Waals surface area contributed by atoms with Gasteiger partial charge in [0.1, 0.15) is 12.2 Å². The van der Waals surface area contributed by atoms with E-state index in [0.29, 0.717) is 24.2 Å². The van der Waals surface area contributed by atoms with Crippen molar-refractivity contribution in [1.29, 1.82) is 0 Å². The van der Waals surface area contributed by atoms with Gasteiger partial charge in [-0.25, -0.2) is 0 Å². The van der Waals surface area contributed by atoms with Gasteiger partial charge in [0.25, 0.3) is 0 Å². The summed E-state index contributed by atoms with van der Waals surface area (Å²) in [6.45, 7) is 17.6. The maximum absolute atomic E-state index is 12.9. The van der Waals surface area contributed by atoms with Crippen LogP contribution in [0.1, 0.15) is 119 Å². The van der Waals surface area contributed by atoms with Crippen LogP contribution in [0.4, 0.5) is 0 Å². The highest BCUT2D eigenvalue weighted by atomic mass is 16.6. The van der Waals surface area contributed by atoms with E-state index < -0.39 is 11.5 Å². The van der Waals surface area contributed by atoms with E-state index >= 15 is 0 Å². The fourth-order valence-electron chi connectivity index (χ4n) is 7.35. The molecule has 3 saturated heterocycles. The Morgan fingerprint density at radius 2 is 1.65 bits per heavy atom. The number of rotatable bonds is 8. The van der Waals surface area contributed by atoms with Gasteiger partial charge in [-0.05, 0) is 107 Å². The summed E-state index contributed by atoms with van der Waals surface area (Å²) in [7, 11) is 0. The maximum atomic E-state index is 12.9. The first-order valence-corrected chi connectivity index (χ1v) is 18.4.